The van der Waals surface area contributed by atoms with Crippen molar-refractivity contribution in [2.75, 3.05) is 13.7 Å². The van der Waals surface area contributed by atoms with Gasteiger partial charge in [0.2, 0.25) is 5.91 Å². The van der Waals surface area contributed by atoms with E-state index in [1.165, 1.54) is 7.11 Å². The molecule has 0 spiro atoms. The molecule has 0 radical (unpaired) electrons. The fraction of sp³-hybridized carbons (Fsp3) is 0.471. The molecule has 0 fully saturated rings. The summed E-state index contributed by atoms with van der Waals surface area (Å²) < 4.78 is 4.71. The molecular formula is C17H24N2O4. The number of esters is 1. The number of rotatable bonds is 10. The number of nitrogens with one attached hydrogen (secondary N) is 1. The summed E-state index contributed by atoms with van der Waals surface area (Å²) in [4.78, 5) is 28.0. The Bertz CT molecular complexity index is 505. The zero-order chi connectivity index (χ0) is 17.1. The number of nitrogens with zero attached hydrogens (tertiary/aromatic N) is 1. The fourth-order valence-electron chi connectivity index (χ4n) is 2.20. The van der Waals surface area contributed by atoms with Crippen LogP contribution in [0.1, 0.15) is 24.8 Å². The number of aliphatic hydroxyl groups excluding tert-OH is 1. The highest BCUT2D eigenvalue weighted by Gasteiger charge is 2.25. The van der Waals surface area contributed by atoms with Crippen LogP contribution in [-0.2, 0) is 20.7 Å². The second-order valence-electron chi connectivity index (χ2n) is 5.19. The lowest BCUT2D eigenvalue weighted by molar-refractivity contribution is -0.145. The molecule has 1 aromatic rings. The zero-order valence-corrected chi connectivity index (χ0v) is 13.4. The molecule has 6 heteroatoms. The molecule has 1 rings (SSSR count). The summed E-state index contributed by atoms with van der Waals surface area (Å²) in [6.07, 6.45) is 2.01. The average Bonchev–Trinajstić information content (AvgIpc) is 2.59. The molecule has 1 amide bonds. The molecule has 0 unspecified atom stereocenters. The topological polar surface area (TPSA) is 88.0 Å². The largest absolute Gasteiger partial charge is 0.467 e. The lowest BCUT2D eigenvalue weighted by Crippen LogP contribution is -2.46. The quantitative estimate of drug-likeness (QED) is 0.384. The van der Waals surface area contributed by atoms with Crippen LogP contribution in [0.3, 0.4) is 0 Å². The zero-order valence-electron chi connectivity index (χ0n) is 13.4. The standard InChI is InChI=1S/C17H24N2O4/c1-18-15(12-13-8-4-3-5-9-13)16(21)19-14(17(22)23-2)10-6-7-11-20/h3-5,8-9,14-15,20H,1,6-7,10-12H2,2H3,(H,19,21)/t14-,15-/m0/s1. The van der Waals surface area contributed by atoms with Crippen molar-refractivity contribution in [3.05, 3.63) is 35.9 Å². The van der Waals surface area contributed by atoms with Gasteiger partial charge in [0, 0.05) is 13.0 Å². The Morgan fingerprint density at radius 1 is 1.30 bits per heavy atom. The normalized spacial score (nSPS) is 13.0. The van der Waals surface area contributed by atoms with Crippen molar-refractivity contribution in [3.63, 3.8) is 0 Å². The van der Waals surface area contributed by atoms with Crippen molar-refractivity contribution in [2.24, 2.45) is 4.99 Å². The minimum atomic E-state index is -0.737. The number of hydrogen-bond donors (Lipinski definition) is 2. The van der Waals surface area contributed by atoms with Crippen molar-refractivity contribution in [1.29, 1.82) is 0 Å². The van der Waals surface area contributed by atoms with Crippen LogP contribution in [0.25, 0.3) is 0 Å². The Kier molecular flexibility index (Phi) is 8.60. The summed E-state index contributed by atoms with van der Waals surface area (Å²) in [6.45, 7) is 3.51. The smallest absolute Gasteiger partial charge is 0.328 e. The van der Waals surface area contributed by atoms with Gasteiger partial charge in [0.15, 0.2) is 0 Å². The number of amides is 1. The lowest BCUT2D eigenvalue weighted by Gasteiger charge is -2.19. The van der Waals surface area contributed by atoms with Gasteiger partial charge in [0.1, 0.15) is 12.1 Å². The van der Waals surface area contributed by atoms with Gasteiger partial charge in [-0.1, -0.05) is 30.3 Å². The van der Waals surface area contributed by atoms with Crippen LogP contribution in [0.15, 0.2) is 35.3 Å². The van der Waals surface area contributed by atoms with Gasteiger partial charge in [-0.05, 0) is 31.5 Å². The van der Waals surface area contributed by atoms with Gasteiger partial charge in [0.25, 0.3) is 0 Å². The number of carbonyl (C=O) groups excluding carboxylic acids is 2. The first-order valence-electron chi connectivity index (χ1n) is 7.61. The van der Waals surface area contributed by atoms with Gasteiger partial charge in [0.05, 0.1) is 7.11 Å². The van der Waals surface area contributed by atoms with Crippen molar-refractivity contribution < 1.29 is 19.4 Å². The first-order chi connectivity index (χ1) is 11.1. The number of ether oxygens (including phenoxy) is 1. The SMILES string of the molecule is C=N[C@@H](Cc1ccccc1)C(=O)N[C@@H](CCCCO)C(=O)OC. The van der Waals surface area contributed by atoms with E-state index >= 15 is 0 Å². The third kappa shape index (κ3) is 6.61. The number of carbonyl (C=O) groups is 2. The number of aliphatic hydroxyl groups is 1. The van der Waals surface area contributed by atoms with Crippen LogP contribution >= 0.6 is 0 Å². The minimum absolute atomic E-state index is 0.0483. The van der Waals surface area contributed by atoms with Gasteiger partial charge >= 0.3 is 5.97 Å². The number of methoxy groups -OCH3 is 1. The van der Waals surface area contributed by atoms with Crippen LogP contribution in [-0.4, -0.2) is 49.5 Å². The number of unbranched alkanes of at least 4 members (excludes halogenated alkanes) is 1. The molecule has 0 aliphatic rings. The molecule has 0 heterocycles. The van der Waals surface area contributed by atoms with E-state index in [1.807, 2.05) is 30.3 Å². The minimum Gasteiger partial charge on any atom is -0.467 e. The van der Waals surface area contributed by atoms with E-state index in [4.69, 9.17) is 9.84 Å². The number of aliphatic imine (C=N–C) groups is 1. The Balaban J connectivity index is 2.66. The third-order valence-corrected chi connectivity index (χ3v) is 3.50. The summed E-state index contributed by atoms with van der Waals surface area (Å²) in [5.41, 5.74) is 0.968. The summed E-state index contributed by atoms with van der Waals surface area (Å²) in [5.74, 6) is -0.859. The van der Waals surface area contributed by atoms with Gasteiger partial charge in [-0.2, -0.15) is 0 Å². The molecule has 126 valence electrons. The summed E-state index contributed by atoms with van der Waals surface area (Å²) in [5, 5.41) is 11.5. The highest BCUT2D eigenvalue weighted by Crippen LogP contribution is 2.08. The molecule has 6 nitrogen and oxygen atoms in total. The first kappa shape index (κ1) is 18.8. The fourth-order valence-corrected chi connectivity index (χ4v) is 2.20. The molecular weight excluding hydrogens is 296 g/mol. The van der Waals surface area contributed by atoms with E-state index < -0.39 is 18.1 Å². The van der Waals surface area contributed by atoms with E-state index in [0.29, 0.717) is 25.7 Å². The van der Waals surface area contributed by atoms with Crippen molar-refractivity contribution in [2.45, 2.75) is 37.8 Å². The Morgan fingerprint density at radius 2 is 2.00 bits per heavy atom. The highest BCUT2D eigenvalue weighted by atomic mass is 16.5. The Labute approximate surface area is 136 Å². The number of hydrogen-bond acceptors (Lipinski definition) is 5. The monoisotopic (exact) mass is 320 g/mol. The maximum Gasteiger partial charge on any atom is 0.328 e. The van der Waals surface area contributed by atoms with Crippen molar-refractivity contribution >= 4 is 18.6 Å². The van der Waals surface area contributed by atoms with Crippen LogP contribution in [0.5, 0.6) is 0 Å². The highest BCUT2D eigenvalue weighted by molar-refractivity contribution is 5.88. The maximum atomic E-state index is 12.3. The molecule has 23 heavy (non-hydrogen) atoms. The maximum absolute atomic E-state index is 12.3. The molecule has 0 aromatic heterocycles. The van der Waals surface area contributed by atoms with Gasteiger partial charge in [-0.3, -0.25) is 9.79 Å². The molecule has 0 saturated carbocycles. The van der Waals surface area contributed by atoms with Gasteiger partial charge < -0.3 is 15.2 Å². The molecule has 1 aromatic carbocycles. The van der Waals surface area contributed by atoms with Gasteiger partial charge in [-0.15, -0.1) is 0 Å². The van der Waals surface area contributed by atoms with Crippen LogP contribution in [0.4, 0.5) is 0 Å². The molecule has 0 saturated heterocycles. The average molecular weight is 320 g/mol. The van der Waals surface area contributed by atoms with Crippen molar-refractivity contribution in [1.82, 2.24) is 5.32 Å². The number of benzene rings is 1. The van der Waals surface area contributed by atoms with Crippen LogP contribution in [0, 0.1) is 0 Å². The first-order valence-corrected chi connectivity index (χ1v) is 7.61. The third-order valence-electron chi connectivity index (χ3n) is 3.50. The predicted molar refractivity (Wildman–Crippen MR) is 88.4 cm³/mol. The molecule has 2 atom stereocenters. The molecule has 2 N–H and O–H groups in total. The van der Waals surface area contributed by atoms with E-state index in [9.17, 15) is 9.59 Å². The van der Waals surface area contributed by atoms with E-state index in [1.54, 1.807) is 0 Å². The Hall–Kier alpha value is -2.21. The van der Waals surface area contributed by atoms with Crippen LogP contribution in [0.2, 0.25) is 0 Å². The van der Waals surface area contributed by atoms with E-state index in [0.717, 1.165) is 5.56 Å². The van der Waals surface area contributed by atoms with E-state index in [-0.39, 0.29) is 12.5 Å². The lowest BCUT2D eigenvalue weighted by atomic mass is 10.0. The van der Waals surface area contributed by atoms with Crippen molar-refractivity contribution in [3.8, 4) is 0 Å². The van der Waals surface area contributed by atoms with Gasteiger partial charge in [-0.25, -0.2) is 4.79 Å². The molecule has 0 aliphatic heterocycles. The molecule has 0 bridgehead atoms. The second kappa shape index (κ2) is 10.5. The predicted octanol–water partition coefficient (Wildman–Crippen LogP) is 1.12. The van der Waals surface area contributed by atoms with E-state index in [2.05, 4.69) is 17.0 Å². The van der Waals surface area contributed by atoms with Crippen LogP contribution < -0.4 is 5.32 Å². The summed E-state index contributed by atoms with van der Waals surface area (Å²) in [6, 6.07) is 8.09. The second-order valence-corrected chi connectivity index (χ2v) is 5.19. The Morgan fingerprint density at radius 3 is 2.57 bits per heavy atom. The molecule has 0 aliphatic carbocycles. The summed E-state index contributed by atoms with van der Waals surface area (Å²) in [7, 11) is 1.28. The summed E-state index contributed by atoms with van der Waals surface area (Å²) >= 11 is 0.